The number of halogens is 2. The van der Waals surface area contributed by atoms with Gasteiger partial charge < -0.3 is 15.0 Å². The lowest BCUT2D eigenvalue weighted by molar-refractivity contribution is 0.0181. The van der Waals surface area contributed by atoms with Gasteiger partial charge in [0.1, 0.15) is 6.61 Å². The molecular weight excluding hydrogens is 254 g/mol. The number of hydrogen-bond acceptors (Lipinski definition) is 3. The van der Waals surface area contributed by atoms with Gasteiger partial charge in [-0.3, -0.25) is 4.79 Å². The van der Waals surface area contributed by atoms with Crippen molar-refractivity contribution in [3.63, 3.8) is 0 Å². The molecule has 0 fully saturated rings. The number of aromatic nitrogens is 1. The van der Waals surface area contributed by atoms with Gasteiger partial charge in [-0.2, -0.15) is 0 Å². The largest absolute Gasteiger partial charge is 0.374 e. The molecule has 0 bridgehead atoms. The van der Waals surface area contributed by atoms with Crippen LogP contribution in [0.1, 0.15) is 30.1 Å². The van der Waals surface area contributed by atoms with Crippen molar-refractivity contribution in [3.8, 4) is 0 Å². The van der Waals surface area contributed by atoms with Gasteiger partial charge in [0.2, 0.25) is 5.56 Å². The summed E-state index contributed by atoms with van der Waals surface area (Å²) in [6.07, 6.45) is 0.447. The number of alkyl halides is 2. The van der Waals surface area contributed by atoms with E-state index in [1.54, 1.807) is 0 Å². The monoisotopic (exact) mass is 272 g/mol. The van der Waals surface area contributed by atoms with Crippen molar-refractivity contribution in [1.82, 2.24) is 10.3 Å². The summed E-state index contributed by atoms with van der Waals surface area (Å²) in [4.78, 5) is 14.1. The maximum Gasteiger partial charge on any atom is 0.261 e. The van der Waals surface area contributed by atoms with Crippen molar-refractivity contribution in [2.45, 2.75) is 31.7 Å². The van der Waals surface area contributed by atoms with E-state index in [9.17, 15) is 13.6 Å². The topological polar surface area (TPSA) is 54.1 Å². The Labute approximate surface area is 110 Å². The molecule has 1 aliphatic rings. The Kier molecular flexibility index (Phi) is 5.04. The molecule has 6 heteroatoms. The predicted octanol–water partition coefficient (Wildman–Crippen LogP) is 1.62. The third-order valence-electron chi connectivity index (χ3n) is 3.21. The van der Waals surface area contributed by atoms with E-state index >= 15 is 0 Å². The molecule has 1 atom stereocenters. The number of rotatable bonds is 6. The van der Waals surface area contributed by atoms with Gasteiger partial charge in [0, 0.05) is 24.3 Å². The van der Waals surface area contributed by atoms with Gasteiger partial charge in [-0.15, -0.1) is 0 Å². The van der Waals surface area contributed by atoms with Crippen molar-refractivity contribution < 1.29 is 13.5 Å². The number of aryl methyl sites for hydroxylation is 1. The van der Waals surface area contributed by atoms with Crippen LogP contribution in [-0.4, -0.2) is 31.2 Å². The molecule has 0 saturated heterocycles. The summed E-state index contributed by atoms with van der Waals surface area (Å²) in [5.41, 5.74) is 1.99. The summed E-state index contributed by atoms with van der Waals surface area (Å²) in [6, 6.07) is 3.52. The van der Waals surface area contributed by atoms with Crippen LogP contribution in [-0.2, 0) is 11.2 Å². The zero-order valence-corrected chi connectivity index (χ0v) is 10.6. The van der Waals surface area contributed by atoms with Crippen LogP contribution in [0.5, 0.6) is 0 Å². The average molecular weight is 272 g/mol. The number of ether oxygens (including phenoxy) is 1. The van der Waals surface area contributed by atoms with E-state index in [0.717, 1.165) is 30.5 Å². The van der Waals surface area contributed by atoms with E-state index in [1.807, 2.05) is 6.07 Å². The maximum atomic E-state index is 11.9. The van der Waals surface area contributed by atoms with Gasteiger partial charge in [0.05, 0.1) is 6.61 Å². The molecule has 0 radical (unpaired) electrons. The van der Waals surface area contributed by atoms with Crippen molar-refractivity contribution in [2.75, 3.05) is 19.8 Å². The summed E-state index contributed by atoms with van der Waals surface area (Å²) in [5, 5.41) is 3.28. The number of aromatic amines is 1. The molecule has 1 unspecified atom stereocenters. The number of fused-ring (bicyclic) bond motifs is 1. The molecule has 4 nitrogen and oxygen atoms in total. The van der Waals surface area contributed by atoms with Crippen molar-refractivity contribution in [3.05, 3.63) is 33.7 Å². The van der Waals surface area contributed by atoms with E-state index in [4.69, 9.17) is 4.74 Å². The van der Waals surface area contributed by atoms with Crippen molar-refractivity contribution in [2.24, 2.45) is 0 Å². The Morgan fingerprint density at radius 2 is 2.32 bits per heavy atom. The molecule has 1 aromatic heterocycles. The third-order valence-corrected chi connectivity index (χ3v) is 3.21. The number of hydrogen-bond donors (Lipinski definition) is 2. The zero-order chi connectivity index (χ0) is 13.7. The second-order valence-electron chi connectivity index (χ2n) is 4.62. The summed E-state index contributed by atoms with van der Waals surface area (Å²) < 4.78 is 28.6. The second-order valence-corrected chi connectivity index (χ2v) is 4.62. The lowest BCUT2D eigenvalue weighted by Crippen LogP contribution is -2.30. The Hall–Kier alpha value is -1.27. The predicted molar refractivity (Wildman–Crippen MR) is 67.6 cm³/mol. The molecule has 0 amide bonds. The SMILES string of the molecule is O=c1ccc2c([nH]1)CCCC2NCCOCC(F)F. The summed E-state index contributed by atoms with van der Waals surface area (Å²) in [7, 11) is 0. The molecule has 2 N–H and O–H groups in total. The number of H-pyrrole nitrogens is 1. The molecule has 19 heavy (non-hydrogen) atoms. The van der Waals surface area contributed by atoms with E-state index in [1.165, 1.54) is 6.07 Å². The van der Waals surface area contributed by atoms with E-state index in [2.05, 4.69) is 10.3 Å². The standard InChI is InChI=1S/C13H18F2N2O2/c14-12(15)8-19-7-6-16-10-2-1-3-11-9(10)4-5-13(18)17-11/h4-5,10,12,16H,1-3,6-8H2,(H,17,18). The first-order chi connectivity index (χ1) is 9.16. The number of nitrogens with one attached hydrogen (secondary N) is 2. The highest BCUT2D eigenvalue weighted by atomic mass is 19.3. The molecule has 1 aromatic rings. The highest BCUT2D eigenvalue weighted by Crippen LogP contribution is 2.27. The first kappa shape index (κ1) is 14.1. The van der Waals surface area contributed by atoms with Crippen LogP contribution in [0.25, 0.3) is 0 Å². The minimum absolute atomic E-state index is 0.0836. The van der Waals surface area contributed by atoms with E-state index in [-0.39, 0.29) is 18.2 Å². The molecule has 0 aliphatic heterocycles. The van der Waals surface area contributed by atoms with Crippen LogP contribution in [0.4, 0.5) is 8.78 Å². The van der Waals surface area contributed by atoms with E-state index < -0.39 is 13.0 Å². The molecule has 0 aromatic carbocycles. The van der Waals surface area contributed by atoms with Crippen LogP contribution in [0, 0.1) is 0 Å². The Morgan fingerprint density at radius 1 is 1.47 bits per heavy atom. The molecule has 106 valence electrons. The average Bonchev–Trinajstić information content (AvgIpc) is 2.37. The number of pyridine rings is 1. The van der Waals surface area contributed by atoms with Gasteiger partial charge >= 0.3 is 0 Å². The van der Waals surface area contributed by atoms with Gasteiger partial charge in [0.15, 0.2) is 0 Å². The summed E-state index contributed by atoms with van der Waals surface area (Å²) in [5.74, 6) is 0. The smallest absolute Gasteiger partial charge is 0.261 e. The van der Waals surface area contributed by atoms with Crippen molar-refractivity contribution >= 4 is 0 Å². The fourth-order valence-electron chi connectivity index (χ4n) is 2.39. The molecular formula is C13H18F2N2O2. The third kappa shape index (κ3) is 4.11. The minimum Gasteiger partial charge on any atom is -0.374 e. The highest BCUT2D eigenvalue weighted by molar-refractivity contribution is 5.26. The molecule has 0 saturated carbocycles. The van der Waals surface area contributed by atoms with Crippen LogP contribution < -0.4 is 10.9 Å². The fraction of sp³-hybridized carbons (Fsp3) is 0.615. The normalized spacial score (nSPS) is 18.6. The van der Waals surface area contributed by atoms with Gasteiger partial charge in [0.25, 0.3) is 6.43 Å². The minimum atomic E-state index is -2.42. The lowest BCUT2D eigenvalue weighted by atomic mass is 9.91. The fourth-order valence-corrected chi connectivity index (χ4v) is 2.39. The zero-order valence-electron chi connectivity index (χ0n) is 10.6. The molecule has 0 spiro atoms. The van der Waals surface area contributed by atoms with Gasteiger partial charge in [-0.1, -0.05) is 6.07 Å². The quantitative estimate of drug-likeness (QED) is 0.774. The van der Waals surface area contributed by atoms with Crippen LogP contribution >= 0.6 is 0 Å². The first-order valence-corrected chi connectivity index (χ1v) is 6.48. The maximum absolute atomic E-state index is 11.9. The van der Waals surface area contributed by atoms with Crippen molar-refractivity contribution in [1.29, 1.82) is 0 Å². The lowest BCUT2D eigenvalue weighted by Gasteiger charge is -2.26. The Balaban J connectivity index is 1.84. The van der Waals surface area contributed by atoms with E-state index in [0.29, 0.717) is 6.54 Å². The first-order valence-electron chi connectivity index (χ1n) is 6.48. The molecule has 1 heterocycles. The summed E-state index contributed by atoms with van der Waals surface area (Å²) in [6.45, 7) is 0.270. The second kappa shape index (κ2) is 6.77. The Bertz CT molecular complexity index is 462. The van der Waals surface area contributed by atoms with Crippen LogP contribution in [0.2, 0.25) is 0 Å². The summed E-state index contributed by atoms with van der Waals surface area (Å²) >= 11 is 0. The molecule has 2 rings (SSSR count). The van der Waals surface area contributed by atoms with Crippen LogP contribution in [0.3, 0.4) is 0 Å². The van der Waals surface area contributed by atoms with Gasteiger partial charge in [-0.05, 0) is 24.8 Å². The highest BCUT2D eigenvalue weighted by Gasteiger charge is 2.19. The molecule has 1 aliphatic carbocycles. The van der Waals surface area contributed by atoms with Crippen LogP contribution in [0.15, 0.2) is 16.9 Å². The van der Waals surface area contributed by atoms with Gasteiger partial charge in [-0.25, -0.2) is 8.78 Å². The Morgan fingerprint density at radius 3 is 3.11 bits per heavy atom.